The van der Waals surface area contributed by atoms with Crippen molar-refractivity contribution in [3.8, 4) is 0 Å². The lowest BCUT2D eigenvalue weighted by Gasteiger charge is -2.30. The van der Waals surface area contributed by atoms with E-state index in [0.717, 1.165) is 18.4 Å². The maximum Gasteiger partial charge on any atom is 0.223 e. The lowest BCUT2D eigenvalue weighted by molar-refractivity contribution is 0.298. The molecule has 118 valence electrons. The smallest absolute Gasteiger partial charge is 0.223 e. The number of aliphatic imine (C=N–C) groups is 1. The van der Waals surface area contributed by atoms with E-state index >= 15 is 0 Å². The van der Waals surface area contributed by atoms with Crippen molar-refractivity contribution >= 4 is 5.96 Å². The molecule has 1 aromatic rings. The second-order valence-electron chi connectivity index (χ2n) is 5.71. The average molecular weight is 293 g/mol. The van der Waals surface area contributed by atoms with E-state index in [1.165, 1.54) is 32.1 Å². The van der Waals surface area contributed by atoms with Gasteiger partial charge in [0.15, 0.2) is 11.8 Å². The van der Waals surface area contributed by atoms with Crippen LogP contribution in [0, 0.1) is 12.8 Å². The zero-order valence-electron chi connectivity index (χ0n) is 13.4. The largest absolute Gasteiger partial charge is 0.357 e. The number of hydrogen-bond donors (Lipinski definition) is 2. The lowest BCUT2D eigenvalue weighted by atomic mass is 9.84. The van der Waals surface area contributed by atoms with Gasteiger partial charge < -0.3 is 15.2 Å². The molecular formula is C15H27N5O. The van der Waals surface area contributed by atoms with E-state index in [0.29, 0.717) is 24.3 Å². The highest BCUT2D eigenvalue weighted by Gasteiger charge is 2.21. The monoisotopic (exact) mass is 293 g/mol. The highest BCUT2D eigenvalue weighted by molar-refractivity contribution is 5.80. The van der Waals surface area contributed by atoms with Crippen molar-refractivity contribution in [2.75, 3.05) is 6.54 Å². The van der Waals surface area contributed by atoms with Crippen LogP contribution in [0.3, 0.4) is 0 Å². The van der Waals surface area contributed by atoms with E-state index in [9.17, 15) is 0 Å². The van der Waals surface area contributed by atoms with Crippen LogP contribution in [0.1, 0.15) is 57.7 Å². The molecule has 1 aromatic heterocycles. The molecule has 2 N–H and O–H groups in total. The molecule has 21 heavy (non-hydrogen) atoms. The third-order valence-electron chi connectivity index (χ3n) is 3.99. The Kier molecular flexibility index (Phi) is 6.02. The highest BCUT2D eigenvalue weighted by atomic mass is 16.5. The highest BCUT2D eigenvalue weighted by Crippen LogP contribution is 2.26. The molecule has 0 aliphatic heterocycles. The molecule has 2 rings (SSSR count). The predicted octanol–water partition coefficient (Wildman–Crippen LogP) is 2.40. The van der Waals surface area contributed by atoms with Gasteiger partial charge in [-0.3, -0.25) is 0 Å². The van der Waals surface area contributed by atoms with Gasteiger partial charge in [0.05, 0.1) is 0 Å². The summed E-state index contributed by atoms with van der Waals surface area (Å²) in [6.07, 6.45) is 6.41. The Bertz CT molecular complexity index is 457. The van der Waals surface area contributed by atoms with E-state index in [2.05, 4.69) is 39.6 Å². The van der Waals surface area contributed by atoms with Crippen molar-refractivity contribution in [1.29, 1.82) is 0 Å². The molecule has 2 atom stereocenters. The molecule has 0 bridgehead atoms. The maximum atomic E-state index is 4.96. The second kappa shape index (κ2) is 8.00. The zero-order chi connectivity index (χ0) is 15.1. The van der Waals surface area contributed by atoms with Crippen LogP contribution in [0.2, 0.25) is 0 Å². The van der Waals surface area contributed by atoms with Gasteiger partial charge in [-0.05, 0) is 25.7 Å². The van der Waals surface area contributed by atoms with Crippen LogP contribution in [0.4, 0.5) is 0 Å². The summed E-state index contributed by atoms with van der Waals surface area (Å²) < 4.78 is 4.96. The van der Waals surface area contributed by atoms with Crippen LogP contribution in [0.25, 0.3) is 0 Å². The van der Waals surface area contributed by atoms with Crippen molar-refractivity contribution in [1.82, 2.24) is 20.8 Å². The van der Waals surface area contributed by atoms with Gasteiger partial charge in [-0.15, -0.1) is 0 Å². The zero-order valence-corrected chi connectivity index (χ0v) is 13.4. The summed E-state index contributed by atoms with van der Waals surface area (Å²) in [6, 6.07) is 0.522. The first-order chi connectivity index (χ1) is 10.2. The second-order valence-corrected chi connectivity index (χ2v) is 5.71. The van der Waals surface area contributed by atoms with Crippen LogP contribution < -0.4 is 10.6 Å². The normalized spacial score (nSPS) is 23.1. The summed E-state index contributed by atoms with van der Waals surface area (Å²) in [5.41, 5.74) is 0. The van der Waals surface area contributed by atoms with Gasteiger partial charge >= 0.3 is 0 Å². The van der Waals surface area contributed by atoms with Gasteiger partial charge in [-0.1, -0.05) is 31.3 Å². The minimum absolute atomic E-state index is 0.441. The van der Waals surface area contributed by atoms with E-state index in [-0.39, 0.29) is 0 Å². The van der Waals surface area contributed by atoms with E-state index in [4.69, 9.17) is 4.52 Å². The molecule has 0 unspecified atom stereocenters. The van der Waals surface area contributed by atoms with Crippen LogP contribution >= 0.6 is 0 Å². The van der Waals surface area contributed by atoms with Crippen LogP contribution in [0.5, 0.6) is 0 Å². The van der Waals surface area contributed by atoms with Gasteiger partial charge in [0, 0.05) is 19.5 Å². The van der Waals surface area contributed by atoms with Gasteiger partial charge in [-0.2, -0.15) is 4.98 Å². The molecule has 1 saturated carbocycles. The summed E-state index contributed by atoms with van der Waals surface area (Å²) in [6.45, 7) is 7.44. The van der Waals surface area contributed by atoms with Gasteiger partial charge in [0.1, 0.15) is 6.54 Å². The molecule has 1 fully saturated rings. The quantitative estimate of drug-likeness (QED) is 0.644. The molecule has 1 aliphatic carbocycles. The fraction of sp³-hybridized carbons (Fsp3) is 0.800. The topological polar surface area (TPSA) is 75.3 Å². The first-order valence-electron chi connectivity index (χ1n) is 8.05. The number of aryl methyl sites for hydroxylation is 1. The Balaban J connectivity index is 1.91. The van der Waals surface area contributed by atoms with Crippen LogP contribution in [0.15, 0.2) is 9.52 Å². The maximum absolute atomic E-state index is 4.96. The average Bonchev–Trinajstić information content (AvgIpc) is 2.91. The number of guanidine groups is 1. The number of nitrogens with zero attached hydrogens (tertiary/aromatic N) is 3. The first-order valence-corrected chi connectivity index (χ1v) is 8.05. The summed E-state index contributed by atoms with van der Waals surface area (Å²) in [5.74, 6) is 2.90. The van der Waals surface area contributed by atoms with Gasteiger partial charge in [0.25, 0.3) is 0 Å². The summed E-state index contributed by atoms with van der Waals surface area (Å²) in [7, 11) is 0. The SMILES string of the molecule is CCNC(=NCc1noc(C)n1)N[C@@H]1CCC[C@@H](CC)C1. The fourth-order valence-electron chi connectivity index (χ4n) is 2.86. The van der Waals surface area contributed by atoms with Crippen molar-refractivity contribution in [3.05, 3.63) is 11.7 Å². The third-order valence-corrected chi connectivity index (χ3v) is 3.99. The molecule has 0 radical (unpaired) electrons. The van der Waals surface area contributed by atoms with Crippen LogP contribution in [-0.4, -0.2) is 28.7 Å². The third kappa shape index (κ3) is 5.02. The van der Waals surface area contributed by atoms with E-state index in [1.807, 2.05) is 0 Å². The van der Waals surface area contributed by atoms with Gasteiger partial charge in [0.2, 0.25) is 5.89 Å². The van der Waals surface area contributed by atoms with Crippen molar-refractivity contribution in [2.24, 2.45) is 10.9 Å². The fourth-order valence-corrected chi connectivity index (χ4v) is 2.86. The Morgan fingerprint density at radius 2 is 2.24 bits per heavy atom. The molecule has 0 aromatic carbocycles. The minimum atomic E-state index is 0.441. The first kappa shape index (κ1) is 15.8. The van der Waals surface area contributed by atoms with E-state index < -0.39 is 0 Å². The minimum Gasteiger partial charge on any atom is -0.357 e. The number of hydrogen-bond acceptors (Lipinski definition) is 4. The number of rotatable bonds is 5. The Morgan fingerprint density at radius 3 is 2.90 bits per heavy atom. The molecule has 1 heterocycles. The molecule has 6 heteroatoms. The van der Waals surface area contributed by atoms with Crippen molar-refractivity contribution in [3.63, 3.8) is 0 Å². The Morgan fingerprint density at radius 1 is 1.38 bits per heavy atom. The summed E-state index contributed by atoms with van der Waals surface area (Å²) in [4.78, 5) is 8.73. The molecular weight excluding hydrogens is 266 g/mol. The van der Waals surface area contributed by atoms with Crippen molar-refractivity contribution < 1.29 is 4.52 Å². The van der Waals surface area contributed by atoms with E-state index in [1.54, 1.807) is 6.92 Å². The molecule has 0 spiro atoms. The Hall–Kier alpha value is -1.59. The molecule has 6 nitrogen and oxygen atoms in total. The number of nitrogens with one attached hydrogen (secondary N) is 2. The predicted molar refractivity (Wildman–Crippen MR) is 83.0 cm³/mol. The standard InChI is InChI=1S/C15H27N5O/c1-4-12-7-6-8-13(9-12)19-15(16-5-2)17-10-14-18-11(3)21-20-14/h12-13H,4-10H2,1-3H3,(H2,16,17,19)/t12-,13-/m1/s1. The van der Waals surface area contributed by atoms with Gasteiger partial charge in [-0.25, -0.2) is 4.99 Å². The Labute approximate surface area is 126 Å². The number of aromatic nitrogens is 2. The van der Waals surface area contributed by atoms with Crippen LogP contribution in [-0.2, 0) is 6.54 Å². The lowest BCUT2D eigenvalue weighted by Crippen LogP contribution is -2.45. The van der Waals surface area contributed by atoms with Crippen molar-refractivity contribution in [2.45, 2.75) is 65.5 Å². The molecule has 0 amide bonds. The summed E-state index contributed by atoms with van der Waals surface area (Å²) >= 11 is 0. The molecule has 0 saturated heterocycles. The molecule has 1 aliphatic rings. The summed E-state index contributed by atoms with van der Waals surface area (Å²) in [5, 5.41) is 10.7.